The van der Waals surface area contributed by atoms with Gasteiger partial charge in [0.1, 0.15) is 17.1 Å². The fourth-order valence-corrected chi connectivity index (χ4v) is 8.59. The summed E-state index contributed by atoms with van der Waals surface area (Å²) in [4.78, 5) is 21.9. The molecule has 0 aromatic heterocycles. The van der Waals surface area contributed by atoms with Crippen molar-refractivity contribution in [1.29, 1.82) is 0 Å². The summed E-state index contributed by atoms with van der Waals surface area (Å²) >= 11 is 0. The van der Waals surface area contributed by atoms with E-state index in [-0.39, 0.29) is 12.8 Å². The predicted octanol–water partition coefficient (Wildman–Crippen LogP) is 11.7. The van der Waals surface area contributed by atoms with E-state index >= 15 is 0 Å². The van der Waals surface area contributed by atoms with Crippen LogP contribution in [0.2, 0.25) is 0 Å². The van der Waals surface area contributed by atoms with E-state index in [0.29, 0.717) is 13.2 Å². The van der Waals surface area contributed by atoms with Crippen LogP contribution in [0.3, 0.4) is 0 Å². The number of hydrogen-bond acceptors (Lipinski definition) is 8. The average molecular weight is 767 g/mol. The van der Waals surface area contributed by atoms with E-state index in [1.165, 1.54) is 83.5 Å². The first-order chi connectivity index (χ1) is 26.0. The van der Waals surface area contributed by atoms with Gasteiger partial charge in [0.25, 0.3) is 0 Å². The minimum absolute atomic E-state index is 0.0475. The monoisotopic (exact) mass is 766 g/mol. The Morgan fingerprint density at radius 1 is 0.528 bits per heavy atom. The molecule has 0 heterocycles. The number of unbranched alkanes of at least 4 members (excludes halogenated alkanes) is 13. The zero-order valence-corrected chi connectivity index (χ0v) is 33.7. The number of carboxylic acid groups (broad SMARTS) is 1. The standard InChI is InChI=1S/C44H62O7S2/c1-48-40-27-23-38(24-28-40)44(37-21-16-15-17-22-37,39-25-29-41(49-2)30-26-39)51-34-18-13-11-9-7-5-3-4-6-8-10-12-14-19-35-52-53-36-20-33-50-43(47)32-31-42(45)46/h15-17,21-30H,3-14,18-20,31-36H2,1-2H3,(H,45,46). The van der Waals surface area contributed by atoms with Crippen LogP contribution in [0.5, 0.6) is 11.5 Å². The lowest BCUT2D eigenvalue weighted by Gasteiger charge is -2.36. The van der Waals surface area contributed by atoms with E-state index in [1.807, 2.05) is 51.9 Å². The van der Waals surface area contributed by atoms with Gasteiger partial charge in [0, 0.05) is 18.1 Å². The molecule has 0 bridgehead atoms. The second-order valence-electron chi connectivity index (χ2n) is 13.4. The Bertz CT molecular complexity index is 1340. The Morgan fingerprint density at radius 3 is 1.43 bits per heavy atom. The van der Waals surface area contributed by atoms with Crippen LogP contribution in [0.25, 0.3) is 0 Å². The lowest BCUT2D eigenvalue weighted by molar-refractivity contribution is -0.147. The zero-order valence-electron chi connectivity index (χ0n) is 32.1. The summed E-state index contributed by atoms with van der Waals surface area (Å²) < 4.78 is 23.0. The van der Waals surface area contributed by atoms with Crippen molar-refractivity contribution in [2.75, 3.05) is 38.9 Å². The van der Waals surface area contributed by atoms with Crippen molar-refractivity contribution < 1.29 is 33.6 Å². The van der Waals surface area contributed by atoms with Gasteiger partial charge in [-0.25, -0.2) is 0 Å². The number of hydrogen-bond donors (Lipinski definition) is 1. The number of rotatable bonds is 31. The molecule has 292 valence electrons. The number of carboxylic acids is 1. The van der Waals surface area contributed by atoms with Crippen LogP contribution >= 0.6 is 21.6 Å². The Labute approximate surface area is 326 Å². The number of carbonyl (C=O) groups is 2. The molecule has 7 nitrogen and oxygen atoms in total. The smallest absolute Gasteiger partial charge is 0.306 e. The molecule has 0 aliphatic heterocycles. The highest BCUT2D eigenvalue weighted by atomic mass is 33.1. The number of benzene rings is 3. The third-order valence-corrected chi connectivity index (χ3v) is 12.0. The molecule has 0 spiro atoms. The van der Waals surface area contributed by atoms with Crippen LogP contribution in [0.4, 0.5) is 0 Å². The highest BCUT2D eigenvalue weighted by Gasteiger charge is 2.37. The third kappa shape index (κ3) is 17.3. The van der Waals surface area contributed by atoms with Crippen molar-refractivity contribution in [3.05, 3.63) is 95.6 Å². The maximum absolute atomic E-state index is 11.4. The summed E-state index contributed by atoms with van der Waals surface area (Å²) in [7, 11) is 7.12. The van der Waals surface area contributed by atoms with Gasteiger partial charge in [-0.2, -0.15) is 0 Å². The molecule has 0 atom stereocenters. The molecule has 3 rings (SSSR count). The minimum Gasteiger partial charge on any atom is -0.497 e. The zero-order chi connectivity index (χ0) is 37.8. The molecular formula is C44H62O7S2. The Morgan fingerprint density at radius 2 is 0.962 bits per heavy atom. The SMILES string of the molecule is COc1ccc(C(OCCCCCCCCCCCCCCCCSSCCCOC(=O)CCC(=O)O)(c2ccccc2)c2ccc(OC)cc2)cc1. The van der Waals surface area contributed by atoms with Gasteiger partial charge in [-0.15, -0.1) is 0 Å². The van der Waals surface area contributed by atoms with Crippen LogP contribution < -0.4 is 9.47 Å². The molecule has 0 aliphatic carbocycles. The largest absolute Gasteiger partial charge is 0.497 e. The predicted molar refractivity (Wildman–Crippen MR) is 220 cm³/mol. The second kappa shape index (κ2) is 27.4. The van der Waals surface area contributed by atoms with Crippen LogP contribution in [0.15, 0.2) is 78.9 Å². The van der Waals surface area contributed by atoms with Gasteiger partial charge in [0.2, 0.25) is 0 Å². The Hall–Kier alpha value is -3.14. The van der Waals surface area contributed by atoms with Gasteiger partial charge in [0.05, 0.1) is 33.7 Å². The molecule has 0 amide bonds. The van der Waals surface area contributed by atoms with Crippen LogP contribution in [0.1, 0.15) is 126 Å². The van der Waals surface area contributed by atoms with Gasteiger partial charge in [0.15, 0.2) is 0 Å². The number of methoxy groups -OCH3 is 2. The fourth-order valence-electron chi connectivity index (χ4n) is 6.39. The maximum Gasteiger partial charge on any atom is 0.306 e. The van der Waals surface area contributed by atoms with Crippen LogP contribution in [-0.4, -0.2) is 56.0 Å². The van der Waals surface area contributed by atoms with Gasteiger partial charge in [-0.3, -0.25) is 9.59 Å². The van der Waals surface area contributed by atoms with E-state index in [0.717, 1.165) is 52.5 Å². The lowest BCUT2D eigenvalue weighted by atomic mass is 9.80. The normalized spacial score (nSPS) is 11.4. The van der Waals surface area contributed by atoms with Crippen molar-refractivity contribution in [3.63, 3.8) is 0 Å². The molecule has 0 aliphatic rings. The third-order valence-electron chi connectivity index (χ3n) is 9.38. The fraction of sp³-hybridized carbons (Fsp3) is 0.545. The minimum atomic E-state index is -0.971. The summed E-state index contributed by atoms with van der Waals surface area (Å²) in [5, 5.41) is 8.58. The molecule has 0 saturated heterocycles. The van der Waals surface area contributed by atoms with E-state index in [1.54, 1.807) is 14.2 Å². The molecule has 0 radical (unpaired) electrons. The van der Waals surface area contributed by atoms with E-state index in [9.17, 15) is 9.59 Å². The van der Waals surface area contributed by atoms with Crippen molar-refractivity contribution >= 4 is 33.5 Å². The molecule has 53 heavy (non-hydrogen) atoms. The van der Waals surface area contributed by atoms with Crippen molar-refractivity contribution in [2.45, 2.75) is 115 Å². The topological polar surface area (TPSA) is 91.3 Å². The van der Waals surface area contributed by atoms with E-state index < -0.39 is 17.5 Å². The molecule has 9 heteroatoms. The highest BCUT2D eigenvalue weighted by Crippen LogP contribution is 2.42. The van der Waals surface area contributed by atoms with Gasteiger partial charge in [-0.05, 0) is 60.2 Å². The Kier molecular flexibility index (Phi) is 22.9. The first-order valence-electron chi connectivity index (χ1n) is 19.6. The van der Waals surface area contributed by atoms with Gasteiger partial charge < -0.3 is 24.1 Å². The lowest BCUT2D eigenvalue weighted by Crippen LogP contribution is -2.33. The maximum atomic E-state index is 11.4. The average Bonchev–Trinajstić information content (AvgIpc) is 3.19. The summed E-state index contributed by atoms with van der Waals surface area (Å²) in [6.45, 7) is 1.04. The molecule has 3 aromatic carbocycles. The van der Waals surface area contributed by atoms with Crippen LogP contribution in [-0.2, 0) is 24.7 Å². The molecule has 0 fully saturated rings. The number of aliphatic carboxylic acids is 1. The Balaban J connectivity index is 1.22. The molecule has 0 unspecified atom stereocenters. The highest BCUT2D eigenvalue weighted by molar-refractivity contribution is 8.76. The van der Waals surface area contributed by atoms with Crippen molar-refractivity contribution in [1.82, 2.24) is 0 Å². The summed E-state index contributed by atoms with van der Waals surface area (Å²) in [6, 6.07) is 27.0. The first-order valence-corrected chi connectivity index (χ1v) is 22.1. The van der Waals surface area contributed by atoms with Crippen molar-refractivity contribution in [3.8, 4) is 11.5 Å². The summed E-state index contributed by atoms with van der Waals surface area (Å²) in [5.74, 6) is 2.37. The van der Waals surface area contributed by atoms with E-state index in [4.69, 9.17) is 24.1 Å². The molecule has 1 N–H and O–H groups in total. The molecule has 0 saturated carbocycles. The molecular weight excluding hydrogens is 705 g/mol. The number of ether oxygens (including phenoxy) is 4. The second-order valence-corrected chi connectivity index (χ2v) is 16.1. The number of carbonyl (C=O) groups excluding carboxylic acids is 1. The summed E-state index contributed by atoms with van der Waals surface area (Å²) in [5.41, 5.74) is 2.51. The van der Waals surface area contributed by atoms with Crippen molar-refractivity contribution in [2.24, 2.45) is 0 Å². The van der Waals surface area contributed by atoms with Crippen LogP contribution in [0, 0.1) is 0 Å². The van der Waals surface area contributed by atoms with E-state index in [2.05, 4.69) is 48.5 Å². The summed E-state index contributed by atoms with van der Waals surface area (Å²) in [6.07, 6.45) is 18.6. The first kappa shape index (κ1) is 44.3. The quantitative estimate of drug-likeness (QED) is 0.0297. The number of esters is 1. The molecule has 3 aromatic rings. The van der Waals surface area contributed by atoms with Gasteiger partial charge >= 0.3 is 11.9 Å². The van der Waals surface area contributed by atoms with Gasteiger partial charge in [-0.1, -0.05) is 153 Å².